The summed E-state index contributed by atoms with van der Waals surface area (Å²) in [6, 6.07) is 2.85. The molecule has 0 bridgehead atoms. The number of hydrogen-bond donors (Lipinski definition) is 2. The molecular weight excluding hydrogens is 285 g/mol. The number of halogens is 4. The van der Waals surface area contributed by atoms with E-state index in [0.29, 0.717) is 10.0 Å². The van der Waals surface area contributed by atoms with E-state index >= 15 is 0 Å². The smallest absolute Gasteiger partial charge is 0.271 e. The van der Waals surface area contributed by atoms with Gasteiger partial charge >= 0.3 is 6.18 Å². The van der Waals surface area contributed by atoms with Crippen LogP contribution in [0.3, 0.4) is 0 Å². The number of alkyl halides is 3. The molecule has 1 unspecified atom stereocenters. The van der Waals surface area contributed by atoms with Crippen molar-refractivity contribution in [3.8, 4) is 0 Å². The highest BCUT2D eigenvalue weighted by atomic mass is 79.9. The predicted octanol–water partition coefficient (Wildman–Crippen LogP) is 3.16. The van der Waals surface area contributed by atoms with Gasteiger partial charge in [0, 0.05) is 4.47 Å². The molecule has 16 heavy (non-hydrogen) atoms. The van der Waals surface area contributed by atoms with Crippen molar-refractivity contribution in [1.82, 2.24) is 5.43 Å². The molecule has 1 atom stereocenters. The van der Waals surface area contributed by atoms with Gasteiger partial charge in [0.25, 0.3) is 0 Å². The summed E-state index contributed by atoms with van der Waals surface area (Å²) in [6.45, 7) is 3.50. The van der Waals surface area contributed by atoms with Gasteiger partial charge in [-0.2, -0.15) is 13.2 Å². The Kier molecular flexibility index (Phi) is 4.12. The molecule has 0 radical (unpaired) electrons. The highest BCUT2D eigenvalue weighted by Crippen LogP contribution is 2.33. The first-order chi connectivity index (χ1) is 7.40. The maximum Gasteiger partial charge on any atom is 0.416 e. The Morgan fingerprint density at radius 2 is 2.06 bits per heavy atom. The largest absolute Gasteiger partial charge is 0.416 e. The van der Waals surface area contributed by atoms with Crippen LogP contribution in [0.2, 0.25) is 0 Å². The minimum Gasteiger partial charge on any atom is -0.271 e. The molecule has 0 saturated heterocycles. The third-order valence-corrected chi connectivity index (χ3v) is 2.80. The number of hydrazine groups is 1. The summed E-state index contributed by atoms with van der Waals surface area (Å²) in [6.07, 6.45) is -2.93. The van der Waals surface area contributed by atoms with E-state index in [2.05, 4.69) is 27.9 Å². The van der Waals surface area contributed by atoms with Crippen LogP contribution in [0.5, 0.6) is 0 Å². The van der Waals surface area contributed by atoms with E-state index in [9.17, 15) is 13.2 Å². The molecule has 0 aliphatic heterocycles. The van der Waals surface area contributed by atoms with E-state index in [1.165, 1.54) is 12.1 Å². The van der Waals surface area contributed by atoms with Gasteiger partial charge in [-0.3, -0.25) is 5.84 Å². The third kappa shape index (κ3) is 2.84. The number of benzene rings is 1. The Morgan fingerprint density at radius 3 is 2.50 bits per heavy atom. The lowest BCUT2D eigenvalue weighted by atomic mass is 10.0. The molecule has 0 saturated carbocycles. The topological polar surface area (TPSA) is 38.0 Å². The Morgan fingerprint density at radius 1 is 1.44 bits per heavy atom. The molecule has 0 aliphatic rings. The molecule has 88 valence electrons. The van der Waals surface area contributed by atoms with Gasteiger partial charge in [-0.1, -0.05) is 22.0 Å². The summed E-state index contributed by atoms with van der Waals surface area (Å²) in [4.78, 5) is 0. The third-order valence-electron chi connectivity index (χ3n) is 2.07. The summed E-state index contributed by atoms with van der Waals surface area (Å²) in [5.41, 5.74) is 2.05. The molecule has 1 rings (SSSR count). The molecule has 0 aromatic heterocycles. The van der Waals surface area contributed by atoms with E-state index in [1.807, 2.05) is 0 Å². The Bertz CT molecular complexity index is 390. The number of hydrogen-bond acceptors (Lipinski definition) is 2. The normalized spacial score (nSPS) is 13.6. The average molecular weight is 295 g/mol. The molecular formula is C10H10BrF3N2. The van der Waals surface area contributed by atoms with Gasteiger partial charge in [-0.05, 0) is 23.8 Å². The first-order valence-corrected chi connectivity index (χ1v) is 5.14. The van der Waals surface area contributed by atoms with E-state index in [-0.39, 0.29) is 0 Å². The standard InChI is InChI=1S/C10H10BrF3N2/c1-2-9(16-15)7-5-6(10(12,13)14)3-4-8(7)11/h2-5,9,16H,1,15H2. The van der Waals surface area contributed by atoms with Gasteiger partial charge < -0.3 is 0 Å². The molecule has 0 heterocycles. The quantitative estimate of drug-likeness (QED) is 0.511. The Hall–Kier alpha value is -0.850. The van der Waals surface area contributed by atoms with Crippen molar-refractivity contribution in [2.45, 2.75) is 12.2 Å². The second kappa shape index (κ2) is 4.99. The van der Waals surface area contributed by atoms with Crippen LogP contribution in [-0.2, 0) is 6.18 Å². The maximum absolute atomic E-state index is 12.5. The van der Waals surface area contributed by atoms with Crippen LogP contribution in [0.1, 0.15) is 17.2 Å². The number of rotatable bonds is 3. The van der Waals surface area contributed by atoms with Crippen molar-refractivity contribution >= 4 is 15.9 Å². The van der Waals surface area contributed by atoms with Crippen LogP contribution in [-0.4, -0.2) is 0 Å². The van der Waals surface area contributed by atoms with Crippen LogP contribution in [0.15, 0.2) is 35.3 Å². The van der Waals surface area contributed by atoms with Crippen molar-refractivity contribution in [2.24, 2.45) is 5.84 Å². The SMILES string of the molecule is C=CC(NN)c1cc(C(F)(F)F)ccc1Br. The highest BCUT2D eigenvalue weighted by molar-refractivity contribution is 9.10. The zero-order valence-corrected chi connectivity index (χ0v) is 9.77. The van der Waals surface area contributed by atoms with Crippen LogP contribution in [0.4, 0.5) is 13.2 Å². The maximum atomic E-state index is 12.5. The molecule has 1 aromatic rings. The summed E-state index contributed by atoms with van der Waals surface area (Å²) in [5.74, 6) is 5.22. The molecule has 0 spiro atoms. The van der Waals surface area contributed by atoms with Gasteiger partial charge in [-0.15, -0.1) is 6.58 Å². The molecule has 0 aliphatic carbocycles. The second-order valence-electron chi connectivity index (χ2n) is 3.11. The molecule has 2 nitrogen and oxygen atoms in total. The zero-order chi connectivity index (χ0) is 12.3. The van der Waals surface area contributed by atoms with Gasteiger partial charge in [-0.25, -0.2) is 5.43 Å². The fourth-order valence-electron chi connectivity index (χ4n) is 1.24. The summed E-state index contributed by atoms with van der Waals surface area (Å²) in [5, 5.41) is 0. The predicted molar refractivity (Wildman–Crippen MR) is 59.4 cm³/mol. The van der Waals surface area contributed by atoms with E-state index in [4.69, 9.17) is 5.84 Å². The first kappa shape index (κ1) is 13.2. The molecule has 3 N–H and O–H groups in total. The Labute approximate surface area is 99.4 Å². The summed E-state index contributed by atoms with van der Waals surface area (Å²) in [7, 11) is 0. The minimum absolute atomic E-state index is 0.396. The van der Waals surface area contributed by atoms with Crippen molar-refractivity contribution in [2.75, 3.05) is 0 Å². The second-order valence-corrected chi connectivity index (χ2v) is 3.97. The average Bonchev–Trinajstić information content (AvgIpc) is 2.20. The number of nitrogens with two attached hydrogens (primary N) is 1. The summed E-state index contributed by atoms with van der Waals surface area (Å²) < 4.78 is 38.0. The monoisotopic (exact) mass is 294 g/mol. The van der Waals surface area contributed by atoms with Crippen molar-refractivity contribution in [3.05, 3.63) is 46.5 Å². The van der Waals surface area contributed by atoms with Gasteiger partial charge in [0.2, 0.25) is 0 Å². The van der Waals surface area contributed by atoms with Gasteiger partial charge in [0.15, 0.2) is 0 Å². The van der Waals surface area contributed by atoms with Gasteiger partial charge in [0.05, 0.1) is 11.6 Å². The van der Waals surface area contributed by atoms with E-state index in [0.717, 1.165) is 12.1 Å². The fraction of sp³-hybridized carbons (Fsp3) is 0.200. The first-order valence-electron chi connectivity index (χ1n) is 4.35. The number of nitrogens with one attached hydrogen (secondary N) is 1. The molecule has 0 amide bonds. The lowest BCUT2D eigenvalue weighted by Crippen LogP contribution is -2.27. The Balaban J connectivity index is 3.23. The lowest BCUT2D eigenvalue weighted by molar-refractivity contribution is -0.137. The highest BCUT2D eigenvalue weighted by Gasteiger charge is 2.31. The molecule has 6 heteroatoms. The van der Waals surface area contributed by atoms with Crippen molar-refractivity contribution < 1.29 is 13.2 Å². The zero-order valence-electron chi connectivity index (χ0n) is 8.18. The van der Waals surface area contributed by atoms with Crippen molar-refractivity contribution in [3.63, 3.8) is 0 Å². The van der Waals surface area contributed by atoms with Crippen LogP contribution >= 0.6 is 15.9 Å². The van der Waals surface area contributed by atoms with E-state index in [1.54, 1.807) is 0 Å². The minimum atomic E-state index is -4.37. The fourth-order valence-corrected chi connectivity index (χ4v) is 1.74. The summed E-state index contributed by atoms with van der Waals surface area (Å²) >= 11 is 3.17. The van der Waals surface area contributed by atoms with E-state index < -0.39 is 17.8 Å². The molecule has 0 fully saturated rings. The lowest BCUT2D eigenvalue weighted by Gasteiger charge is -2.16. The van der Waals surface area contributed by atoms with Crippen LogP contribution in [0.25, 0.3) is 0 Å². The van der Waals surface area contributed by atoms with Crippen molar-refractivity contribution in [1.29, 1.82) is 0 Å². The molecule has 1 aromatic carbocycles. The van der Waals surface area contributed by atoms with Crippen LogP contribution in [0, 0.1) is 0 Å². The van der Waals surface area contributed by atoms with Crippen LogP contribution < -0.4 is 11.3 Å². The van der Waals surface area contributed by atoms with Gasteiger partial charge in [0.1, 0.15) is 0 Å².